The highest BCUT2D eigenvalue weighted by Gasteiger charge is 2.17. The zero-order valence-corrected chi connectivity index (χ0v) is 11.6. The molecule has 10 heteroatoms. The summed E-state index contributed by atoms with van der Waals surface area (Å²) in [6.45, 7) is 0. The number of sulfonamides is 1. The Labute approximate surface area is 116 Å². The maximum atomic E-state index is 11.2. The molecule has 0 fully saturated rings. The van der Waals surface area contributed by atoms with Gasteiger partial charge in [-0.15, -0.1) is 0 Å². The average Bonchev–Trinajstić information content (AvgIpc) is 2.80. The predicted molar refractivity (Wildman–Crippen MR) is 68.8 cm³/mol. The van der Waals surface area contributed by atoms with Crippen LogP contribution in [0.15, 0.2) is 38.7 Å². The van der Waals surface area contributed by atoms with Crippen molar-refractivity contribution >= 4 is 39.3 Å². The van der Waals surface area contributed by atoms with E-state index in [-0.39, 0.29) is 10.5 Å². The minimum absolute atomic E-state index is 0.147. The fraction of sp³-hybridized carbons (Fsp3) is 0. The van der Waals surface area contributed by atoms with Crippen molar-refractivity contribution in [2.24, 2.45) is 5.14 Å². The van der Waals surface area contributed by atoms with Gasteiger partial charge in [0, 0.05) is 4.90 Å². The average molecular weight is 317 g/mol. The van der Waals surface area contributed by atoms with E-state index in [2.05, 4.69) is 9.36 Å². The summed E-state index contributed by atoms with van der Waals surface area (Å²) in [5, 5.41) is 14.1. The lowest BCUT2D eigenvalue weighted by atomic mass is 10.2. The molecule has 0 aliphatic heterocycles. The summed E-state index contributed by atoms with van der Waals surface area (Å²) in [6, 6.07) is 3.67. The second-order valence-electron chi connectivity index (χ2n) is 3.32. The van der Waals surface area contributed by atoms with Gasteiger partial charge in [0.25, 0.3) is 0 Å². The minimum atomic E-state index is -3.94. The molecule has 0 saturated carbocycles. The summed E-state index contributed by atoms with van der Waals surface area (Å²) in [6.07, 6.45) is 1.35. The largest absolute Gasteiger partial charge is 0.478 e. The monoisotopic (exact) mass is 317 g/mol. The first kappa shape index (κ1) is 13.9. The molecule has 0 atom stereocenters. The lowest BCUT2D eigenvalue weighted by Crippen LogP contribution is -2.13. The lowest BCUT2D eigenvalue weighted by molar-refractivity contribution is 0.0693. The third-order valence-electron chi connectivity index (χ3n) is 2.05. The Morgan fingerprint density at radius 2 is 2.16 bits per heavy atom. The molecule has 0 saturated heterocycles. The van der Waals surface area contributed by atoms with Gasteiger partial charge in [0.2, 0.25) is 10.0 Å². The Morgan fingerprint density at radius 3 is 2.68 bits per heavy atom. The number of aromatic carboxylic acids is 1. The predicted octanol–water partition coefficient (Wildman–Crippen LogP) is 1.03. The Balaban J connectivity index is 2.47. The molecule has 0 unspecified atom stereocenters. The SMILES string of the molecule is NS(=O)(=O)c1ccc(Sc2ncns2)c(C(=O)O)c1. The standard InChI is InChI=1S/C9H7N3O4S3/c10-19(15,16)5-1-2-7(6(3-5)8(13)14)17-9-11-4-12-18-9/h1-4H,(H,13,14)(H2,10,15,16). The highest BCUT2D eigenvalue weighted by molar-refractivity contribution is 8.01. The van der Waals surface area contributed by atoms with Crippen LogP contribution >= 0.6 is 23.3 Å². The molecule has 0 bridgehead atoms. The van der Waals surface area contributed by atoms with Gasteiger partial charge in [-0.05, 0) is 29.7 Å². The summed E-state index contributed by atoms with van der Waals surface area (Å²) in [5.41, 5.74) is -0.147. The molecule has 0 aliphatic carbocycles. The fourth-order valence-electron chi connectivity index (χ4n) is 1.24. The number of carboxylic acids is 1. The summed E-state index contributed by atoms with van der Waals surface area (Å²) >= 11 is 2.21. The van der Waals surface area contributed by atoms with Crippen LogP contribution in [0.5, 0.6) is 0 Å². The van der Waals surface area contributed by atoms with Gasteiger partial charge in [0.15, 0.2) is 4.34 Å². The summed E-state index contributed by atoms with van der Waals surface area (Å²) in [7, 11) is -3.94. The van der Waals surface area contributed by atoms with Crippen molar-refractivity contribution < 1.29 is 18.3 Å². The van der Waals surface area contributed by atoms with Gasteiger partial charge in [-0.3, -0.25) is 0 Å². The van der Waals surface area contributed by atoms with E-state index in [4.69, 9.17) is 10.2 Å². The molecule has 0 amide bonds. The van der Waals surface area contributed by atoms with Crippen LogP contribution in [0.2, 0.25) is 0 Å². The van der Waals surface area contributed by atoms with Crippen molar-refractivity contribution in [2.45, 2.75) is 14.1 Å². The maximum Gasteiger partial charge on any atom is 0.336 e. The molecular weight excluding hydrogens is 310 g/mol. The molecule has 7 nitrogen and oxygen atoms in total. The summed E-state index contributed by atoms with van der Waals surface area (Å²) in [4.78, 5) is 15.2. The molecule has 1 aromatic heterocycles. The number of carbonyl (C=O) groups is 1. The molecule has 100 valence electrons. The van der Waals surface area contributed by atoms with Crippen molar-refractivity contribution in [3.63, 3.8) is 0 Å². The van der Waals surface area contributed by atoms with Crippen LogP contribution in [0.1, 0.15) is 10.4 Å². The third kappa shape index (κ3) is 3.29. The number of aromatic nitrogens is 2. The molecule has 2 rings (SSSR count). The Bertz CT molecular complexity index is 712. The van der Waals surface area contributed by atoms with Gasteiger partial charge in [-0.25, -0.2) is 23.3 Å². The van der Waals surface area contributed by atoms with E-state index in [0.29, 0.717) is 9.24 Å². The van der Waals surface area contributed by atoms with Crippen LogP contribution in [0.25, 0.3) is 0 Å². The summed E-state index contributed by atoms with van der Waals surface area (Å²) < 4.78 is 26.7. The minimum Gasteiger partial charge on any atom is -0.478 e. The zero-order chi connectivity index (χ0) is 14.0. The quantitative estimate of drug-likeness (QED) is 0.863. The van der Waals surface area contributed by atoms with Crippen LogP contribution in [-0.4, -0.2) is 28.9 Å². The third-order valence-corrected chi connectivity index (χ3v) is 4.75. The topological polar surface area (TPSA) is 123 Å². The van der Waals surface area contributed by atoms with E-state index in [1.54, 1.807) is 0 Å². The highest BCUT2D eigenvalue weighted by atomic mass is 32.2. The van der Waals surface area contributed by atoms with Crippen molar-refractivity contribution in [1.29, 1.82) is 0 Å². The van der Waals surface area contributed by atoms with E-state index >= 15 is 0 Å². The molecule has 2 aromatic rings. The Hall–Kier alpha value is -1.49. The first-order valence-electron chi connectivity index (χ1n) is 4.72. The van der Waals surface area contributed by atoms with Crippen LogP contribution in [0.4, 0.5) is 0 Å². The molecule has 19 heavy (non-hydrogen) atoms. The van der Waals surface area contributed by atoms with Crippen LogP contribution in [0.3, 0.4) is 0 Å². The lowest BCUT2D eigenvalue weighted by Gasteiger charge is -2.05. The molecule has 0 radical (unpaired) electrons. The van der Waals surface area contributed by atoms with Gasteiger partial charge in [0.1, 0.15) is 6.33 Å². The number of nitrogens with two attached hydrogens (primary N) is 1. The molecule has 0 spiro atoms. The Kier molecular flexibility index (Phi) is 3.85. The van der Waals surface area contributed by atoms with E-state index in [1.807, 2.05) is 0 Å². The van der Waals surface area contributed by atoms with E-state index in [9.17, 15) is 13.2 Å². The molecule has 3 N–H and O–H groups in total. The normalized spacial score (nSPS) is 11.4. The number of benzene rings is 1. The molecule has 0 aliphatic rings. The van der Waals surface area contributed by atoms with Gasteiger partial charge in [-0.1, -0.05) is 11.8 Å². The van der Waals surface area contributed by atoms with Gasteiger partial charge < -0.3 is 5.11 Å². The van der Waals surface area contributed by atoms with Crippen LogP contribution in [-0.2, 0) is 10.0 Å². The zero-order valence-electron chi connectivity index (χ0n) is 9.18. The second kappa shape index (κ2) is 5.25. The molecule has 1 heterocycles. The molecule has 1 aromatic carbocycles. The summed E-state index contributed by atoms with van der Waals surface area (Å²) in [5.74, 6) is -1.24. The number of nitrogens with zero attached hydrogens (tertiary/aromatic N) is 2. The van der Waals surface area contributed by atoms with E-state index < -0.39 is 16.0 Å². The number of rotatable bonds is 4. The van der Waals surface area contributed by atoms with Gasteiger partial charge in [0.05, 0.1) is 10.5 Å². The van der Waals surface area contributed by atoms with E-state index in [1.165, 1.54) is 18.5 Å². The number of carboxylic acid groups (broad SMARTS) is 1. The van der Waals surface area contributed by atoms with E-state index in [0.717, 1.165) is 29.4 Å². The maximum absolute atomic E-state index is 11.2. The van der Waals surface area contributed by atoms with Gasteiger partial charge >= 0.3 is 5.97 Å². The second-order valence-corrected chi connectivity index (χ2v) is 6.95. The number of primary sulfonamides is 1. The van der Waals surface area contributed by atoms with Crippen molar-refractivity contribution in [2.75, 3.05) is 0 Å². The molecular formula is C9H7N3O4S3. The first-order chi connectivity index (χ1) is 8.88. The first-order valence-corrected chi connectivity index (χ1v) is 7.86. The Morgan fingerprint density at radius 1 is 1.42 bits per heavy atom. The number of hydrogen-bond donors (Lipinski definition) is 2. The highest BCUT2D eigenvalue weighted by Crippen LogP contribution is 2.32. The smallest absolute Gasteiger partial charge is 0.336 e. The van der Waals surface area contributed by atoms with Crippen LogP contribution < -0.4 is 5.14 Å². The van der Waals surface area contributed by atoms with Crippen LogP contribution in [0, 0.1) is 0 Å². The fourth-order valence-corrected chi connectivity index (χ4v) is 3.29. The van der Waals surface area contributed by atoms with Gasteiger partial charge in [-0.2, -0.15) is 4.37 Å². The number of hydrogen-bond acceptors (Lipinski definition) is 7. The van der Waals surface area contributed by atoms with Crippen molar-refractivity contribution in [3.05, 3.63) is 30.1 Å². The van der Waals surface area contributed by atoms with Crippen molar-refractivity contribution in [3.8, 4) is 0 Å². The van der Waals surface area contributed by atoms with Crippen molar-refractivity contribution in [1.82, 2.24) is 9.36 Å².